The Kier molecular flexibility index (Phi) is 3.59. The van der Waals surface area contributed by atoms with Crippen LogP contribution in [0, 0.1) is 20.8 Å². The Morgan fingerprint density at radius 2 is 2.18 bits per heavy atom. The van der Waals surface area contributed by atoms with Gasteiger partial charge in [0.05, 0.1) is 22.9 Å². The maximum Gasteiger partial charge on any atom is 0.150 e. The van der Waals surface area contributed by atoms with E-state index in [0.29, 0.717) is 6.54 Å². The van der Waals surface area contributed by atoms with Gasteiger partial charge in [0.25, 0.3) is 0 Å². The Morgan fingerprint density at radius 3 is 2.71 bits per heavy atom. The van der Waals surface area contributed by atoms with E-state index in [9.17, 15) is 0 Å². The van der Waals surface area contributed by atoms with Crippen LogP contribution in [0.1, 0.15) is 40.0 Å². The largest absolute Gasteiger partial charge is 0.360 e. The predicted octanol–water partition coefficient (Wildman–Crippen LogP) is 2.91. The van der Waals surface area contributed by atoms with E-state index in [4.69, 9.17) is 4.52 Å². The molecule has 2 aromatic rings. The van der Waals surface area contributed by atoms with Gasteiger partial charge in [-0.1, -0.05) is 5.16 Å². The number of nitrogens with zero attached hydrogens (tertiary/aromatic N) is 2. The lowest BCUT2D eigenvalue weighted by Gasteiger charge is -2.10. The lowest BCUT2D eigenvalue weighted by atomic mass is 10.2. The van der Waals surface area contributed by atoms with Gasteiger partial charge >= 0.3 is 0 Å². The molecular formula is C12H17N3OS. The SMILES string of the molecule is Cc1cc(CNC(C)c2nc(C)sc2C)on1. The van der Waals surface area contributed by atoms with Crippen molar-refractivity contribution in [1.29, 1.82) is 0 Å². The van der Waals surface area contributed by atoms with Gasteiger partial charge in [0.1, 0.15) is 0 Å². The van der Waals surface area contributed by atoms with Crippen LogP contribution in [0.15, 0.2) is 10.6 Å². The van der Waals surface area contributed by atoms with Crippen LogP contribution >= 0.6 is 11.3 Å². The third-order valence-corrected chi connectivity index (χ3v) is 3.51. The molecule has 0 saturated heterocycles. The van der Waals surface area contributed by atoms with E-state index in [1.165, 1.54) is 4.88 Å². The van der Waals surface area contributed by atoms with E-state index >= 15 is 0 Å². The van der Waals surface area contributed by atoms with Crippen LogP contribution in [0.3, 0.4) is 0 Å². The highest BCUT2D eigenvalue weighted by atomic mass is 32.1. The molecule has 0 fully saturated rings. The van der Waals surface area contributed by atoms with Gasteiger partial charge in [0.15, 0.2) is 5.76 Å². The van der Waals surface area contributed by atoms with E-state index in [1.807, 2.05) is 19.9 Å². The summed E-state index contributed by atoms with van der Waals surface area (Å²) < 4.78 is 5.16. The van der Waals surface area contributed by atoms with Crippen molar-refractivity contribution in [2.75, 3.05) is 0 Å². The molecule has 2 heterocycles. The maximum absolute atomic E-state index is 5.16. The Morgan fingerprint density at radius 1 is 1.41 bits per heavy atom. The molecule has 0 amide bonds. The van der Waals surface area contributed by atoms with Crippen LogP contribution in [0.25, 0.3) is 0 Å². The Balaban J connectivity index is 1.97. The molecule has 0 saturated carbocycles. The molecule has 1 atom stereocenters. The smallest absolute Gasteiger partial charge is 0.150 e. The van der Waals surface area contributed by atoms with E-state index in [2.05, 4.69) is 29.3 Å². The summed E-state index contributed by atoms with van der Waals surface area (Å²) in [6.07, 6.45) is 0. The van der Waals surface area contributed by atoms with Crippen LogP contribution in [0.4, 0.5) is 0 Å². The molecule has 0 aliphatic rings. The lowest BCUT2D eigenvalue weighted by Crippen LogP contribution is -2.18. The minimum atomic E-state index is 0.227. The normalized spacial score (nSPS) is 12.9. The van der Waals surface area contributed by atoms with E-state index in [0.717, 1.165) is 22.2 Å². The molecule has 5 heteroatoms. The molecule has 0 aromatic carbocycles. The van der Waals surface area contributed by atoms with E-state index in [1.54, 1.807) is 11.3 Å². The van der Waals surface area contributed by atoms with Crippen molar-refractivity contribution in [2.45, 2.75) is 40.3 Å². The highest BCUT2D eigenvalue weighted by Crippen LogP contribution is 2.22. The third-order valence-electron chi connectivity index (χ3n) is 2.61. The second kappa shape index (κ2) is 4.98. The average molecular weight is 251 g/mol. The number of nitrogens with one attached hydrogen (secondary N) is 1. The average Bonchev–Trinajstić information content (AvgIpc) is 2.81. The zero-order valence-electron chi connectivity index (χ0n) is 10.6. The van der Waals surface area contributed by atoms with Crippen molar-refractivity contribution in [3.05, 3.63) is 33.1 Å². The first kappa shape index (κ1) is 12.3. The second-order valence-corrected chi connectivity index (χ2v) is 5.62. The molecule has 0 bridgehead atoms. The summed E-state index contributed by atoms with van der Waals surface area (Å²) in [6, 6.07) is 2.17. The maximum atomic E-state index is 5.16. The number of hydrogen-bond donors (Lipinski definition) is 1. The molecule has 0 spiro atoms. The standard InChI is InChI=1S/C12H17N3OS/c1-7-5-11(16-15-7)6-13-8(2)12-9(3)17-10(4)14-12/h5,8,13H,6H2,1-4H3. The Bertz CT molecular complexity index is 504. The molecule has 1 N–H and O–H groups in total. The number of thiazole rings is 1. The minimum Gasteiger partial charge on any atom is -0.360 e. The number of hydrogen-bond acceptors (Lipinski definition) is 5. The summed E-state index contributed by atoms with van der Waals surface area (Å²) in [7, 11) is 0. The Hall–Kier alpha value is -1.20. The van der Waals surface area contributed by atoms with Crippen LogP contribution < -0.4 is 5.32 Å². The summed E-state index contributed by atoms with van der Waals surface area (Å²) in [5.41, 5.74) is 2.04. The van der Waals surface area contributed by atoms with Gasteiger partial charge in [-0.25, -0.2) is 4.98 Å². The number of aryl methyl sites for hydroxylation is 3. The van der Waals surface area contributed by atoms with Crippen molar-refractivity contribution >= 4 is 11.3 Å². The molecule has 4 nitrogen and oxygen atoms in total. The van der Waals surface area contributed by atoms with Gasteiger partial charge in [-0.05, 0) is 27.7 Å². The van der Waals surface area contributed by atoms with Crippen LogP contribution in [-0.4, -0.2) is 10.1 Å². The summed E-state index contributed by atoms with van der Waals surface area (Å²) >= 11 is 1.74. The van der Waals surface area contributed by atoms with Crippen molar-refractivity contribution in [1.82, 2.24) is 15.5 Å². The first-order valence-electron chi connectivity index (χ1n) is 5.65. The molecule has 1 unspecified atom stereocenters. The van der Waals surface area contributed by atoms with Crippen molar-refractivity contribution in [2.24, 2.45) is 0 Å². The lowest BCUT2D eigenvalue weighted by molar-refractivity contribution is 0.362. The first-order chi connectivity index (χ1) is 8.06. The predicted molar refractivity (Wildman–Crippen MR) is 68.1 cm³/mol. The molecular weight excluding hydrogens is 234 g/mol. The highest BCUT2D eigenvalue weighted by Gasteiger charge is 2.13. The zero-order valence-corrected chi connectivity index (χ0v) is 11.4. The number of aromatic nitrogens is 2. The fourth-order valence-electron chi connectivity index (χ4n) is 1.80. The van der Waals surface area contributed by atoms with E-state index in [-0.39, 0.29) is 6.04 Å². The molecule has 0 radical (unpaired) electrons. The molecule has 92 valence electrons. The Labute approximate surface area is 105 Å². The van der Waals surface area contributed by atoms with E-state index < -0.39 is 0 Å². The van der Waals surface area contributed by atoms with Crippen molar-refractivity contribution < 1.29 is 4.52 Å². The third kappa shape index (κ3) is 2.92. The molecule has 2 aromatic heterocycles. The second-order valence-electron chi connectivity index (χ2n) is 4.21. The topological polar surface area (TPSA) is 51.0 Å². The summed E-state index contributed by atoms with van der Waals surface area (Å²) in [5, 5.41) is 8.37. The molecule has 17 heavy (non-hydrogen) atoms. The highest BCUT2D eigenvalue weighted by molar-refractivity contribution is 7.11. The van der Waals surface area contributed by atoms with Gasteiger partial charge in [-0.2, -0.15) is 0 Å². The van der Waals surface area contributed by atoms with Crippen LogP contribution in [0.2, 0.25) is 0 Å². The summed E-state index contributed by atoms with van der Waals surface area (Å²) in [4.78, 5) is 5.81. The number of rotatable bonds is 4. The fourth-order valence-corrected chi connectivity index (χ4v) is 2.71. The van der Waals surface area contributed by atoms with Crippen molar-refractivity contribution in [3.8, 4) is 0 Å². The van der Waals surface area contributed by atoms with Gasteiger partial charge in [0.2, 0.25) is 0 Å². The van der Waals surface area contributed by atoms with Gasteiger partial charge in [-0.15, -0.1) is 11.3 Å². The van der Waals surface area contributed by atoms with Crippen LogP contribution in [-0.2, 0) is 6.54 Å². The zero-order chi connectivity index (χ0) is 12.4. The molecule has 0 aliphatic heterocycles. The monoisotopic (exact) mass is 251 g/mol. The minimum absolute atomic E-state index is 0.227. The molecule has 0 aliphatic carbocycles. The molecule has 2 rings (SSSR count). The first-order valence-corrected chi connectivity index (χ1v) is 6.47. The fraction of sp³-hybridized carbons (Fsp3) is 0.500. The van der Waals surface area contributed by atoms with Crippen molar-refractivity contribution in [3.63, 3.8) is 0 Å². The summed E-state index contributed by atoms with van der Waals surface area (Å²) in [6.45, 7) is 8.86. The summed E-state index contributed by atoms with van der Waals surface area (Å²) in [5.74, 6) is 0.860. The van der Waals surface area contributed by atoms with Gasteiger partial charge < -0.3 is 9.84 Å². The van der Waals surface area contributed by atoms with Gasteiger partial charge in [-0.3, -0.25) is 0 Å². The van der Waals surface area contributed by atoms with Gasteiger partial charge in [0, 0.05) is 17.0 Å². The van der Waals surface area contributed by atoms with Crippen LogP contribution in [0.5, 0.6) is 0 Å². The quantitative estimate of drug-likeness (QED) is 0.907.